The van der Waals surface area contributed by atoms with Gasteiger partial charge in [-0.25, -0.2) is 4.79 Å². The number of carbonyl (C=O) groups is 1. The maximum atomic E-state index is 11.3. The van der Waals surface area contributed by atoms with E-state index in [0.29, 0.717) is 13.1 Å². The van der Waals surface area contributed by atoms with Crippen LogP contribution in [0.4, 0.5) is 9.93 Å². The zero-order valence-electron chi connectivity index (χ0n) is 8.72. The highest BCUT2D eigenvalue weighted by atomic mass is 79.9. The van der Waals surface area contributed by atoms with Crippen LogP contribution in [0.15, 0.2) is 3.92 Å². The van der Waals surface area contributed by atoms with Gasteiger partial charge in [-0.05, 0) is 15.9 Å². The molecule has 1 amide bonds. The number of anilines is 1. The SMILES string of the molecule is COC(=O)N1CCN(c2nnc(Br)s2)CC1. The first-order chi connectivity index (χ1) is 7.70. The molecule has 0 aromatic carbocycles. The molecule has 1 fully saturated rings. The second kappa shape index (κ2) is 4.96. The van der Waals surface area contributed by atoms with Gasteiger partial charge in [-0.3, -0.25) is 0 Å². The lowest BCUT2D eigenvalue weighted by molar-refractivity contribution is 0.121. The minimum Gasteiger partial charge on any atom is -0.453 e. The van der Waals surface area contributed by atoms with Crippen LogP contribution < -0.4 is 4.90 Å². The quantitative estimate of drug-likeness (QED) is 0.780. The van der Waals surface area contributed by atoms with Crippen molar-refractivity contribution < 1.29 is 9.53 Å². The minimum atomic E-state index is -0.266. The number of methoxy groups -OCH3 is 1. The summed E-state index contributed by atoms with van der Waals surface area (Å²) in [5.74, 6) is 0. The van der Waals surface area contributed by atoms with Gasteiger partial charge in [0.15, 0.2) is 3.92 Å². The monoisotopic (exact) mass is 306 g/mol. The lowest BCUT2D eigenvalue weighted by atomic mass is 10.3. The normalized spacial score (nSPS) is 16.4. The first-order valence-electron chi connectivity index (χ1n) is 4.77. The number of ether oxygens (including phenoxy) is 1. The Morgan fingerprint density at radius 3 is 2.56 bits per heavy atom. The summed E-state index contributed by atoms with van der Waals surface area (Å²) in [5.41, 5.74) is 0. The lowest BCUT2D eigenvalue weighted by Crippen LogP contribution is -2.48. The second-order valence-corrected chi connectivity index (χ2v) is 5.51. The lowest BCUT2D eigenvalue weighted by Gasteiger charge is -2.33. The molecule has 0 unspecified atom stereocenters. The maximum absolute atomic E-state index is 11.3. The number of carbonyl (C=O) groups excluding carboxylic acids is 1. The van der Waals surface area contributed by atoms with E-state index < -0.39 is 0 Å². The molecule has 0 saturated carbocycles. The Bertz CT molecular complexity index is 378. The van der Waals surface area contributed by atoms with Crippen molar-refractivity contribution in [3.8, 4) is 0 Å². The average molecular weight is 307 g/mol. The van der Waals surface area contributed by atoms with Gasteiger partial charge < -0.3 is 14.5 Å². The zero-order chi connectivity index (χ0) is 11.5. The van der Waals surface area contributed by atoms with Gasteiger partial charge in [0.05, 0.1) is 7.11 Å². The van der Waals surface area contributed by atoms with E-state index in [2.05, 4.69) is 35.8 Å². The van der Waals surface area contributed by atoms with Crippen LogP contribution in [-0.2, 0) is 4.74 Å². The van der Waals surface area contributed by atoms with Crippen LogP contribution in [0.3, 0.4) is 0 Å². The molecule has 2 rings (SSSR count). The number of hydrogen-bond acceptors (Lipinski definition) is 6. The van der Waals surface area contributed by atoms with Crippen LogP contribution in [0.2, 0.25) is 0 Å². The summed E-state index contributed by atoms with van der Waals surface area (Å²) in [6.45, 7) is 2.83. The van der Waals surface area contributed by atoms with E-state index >= 15 is 0 Å². The van der Waals surface area contributed by atoms with Gasteiger partial charge in [-0.2, -0.15) is 0 Å². The third-order valence-corrected chi connectivity index (χ3v) is 3.79. The van der Waals surface area contributed by atoms with Gasteiger partial charge in [0.1, 0.15) is 0 Å². The molecule has 0 aliphatic carbocycles. The van der Waals surface area contributed by atoms with Gasteiger partial charge in [0.25, 0.3) is 0 Å². The molecule has 1 aliphatic rings. The van der Waals surface area contributed by atoms with Crippen molar-refractivity contribution in [2.45, 2.75) is 0 Å². The molecule has 1 aromatic rings. The largest absolute Gasteiger partial charge is 0.453 e. The summed E-state index contributed by atoms with van der Waals surface area (Å²) in [6.07, 6.45) is -0.266. The summed E-state index contributed by atoms with van der Waals surface area (Å²) < 4.78 is 5.45. The Hall–Kier alpha value is -0.890. The Labute approximate surface area is 105 Å². The number of aromatic nitrogens is 2. The van der Waals surface area contributed by atoms with Gasteiger partial charge >= 0.3 is 6.09 Å². The molecule has 0 N–H and O–H groups in total. The number of halogens is 1. The van der Waals surface area contributed by atoms with E-state index in [1.54, 1.807) is 4.90 Å². The highest BCUT2D eigenvalue weighted by Crippen LogP contribution is 2.24. The Balaban J connectivity index is 1.92. The van der Waals surface area contributed by atoms with Crippen molar-refractivity contribution in [2.75, 3.05) is 38.2 Å². The summed E-state index contributed by atoms with van der Waals surface area (Å²) >= 11 is 4.77. The molecular formula is C8H11BrN4O2S. The molecule has 1 aromatic heterocycles. The van der Waals surface area contributed by atoms with E-state index in [9.17, 15) is 4.79 Å². The fraction of sp³-hybridized carbons (Fsp3) is 0.625. The van der Waals surface area contributed by atoms with Crippen molar-refractivity contribution in [3.05, 3.63) is 3.92 Å². The molecule has 8 heteroatoms. The standard InChI is InChI=1S/C8H11BrN4O2S/c1-15-8(14)13-4-2-12(3-5-13)7-11-10-6(9)16-7/h2-5H2,1H3. The zero-order valence-corrected chi connectivity index (χ0v) is 11.1. The minimum absolute atomic E-state index is 0.266. The van der Waals surface area contributed by atoms with Crippen molar-refractivity contribution in [1.29, 1.82) is 0 Å². The summed E-state index contributed by atoms with van der Waals surface area (Å²) in [7, 11) is 1.40. The Morgan fingerprint density at radius 2 is 2.06 bits per heavy atom. The average Bonchev–Trinajstić information content (AvgIpc) is 2.75. The summed E-state index contributed by atoms with van der Waals surface area (Å²) in [5, 5.41) is 8.83. The molecular weight excluding hydrogens is 296 g/mol. The van der Waals surface area contributed by atoms with E-state index in [-0.39, 0.29) is 6.09 Å². The number of hydrogen-bond donors (Lipinski definition) is 0. The molecule has 1 saturated heterocycles. The van der Waals surface area contributed by atoms with Crippen molar-refractivity contribution in [3.63, 3.8) is 0 Å². The smallest absolute Gasteiger partial charge is 0.409 e. The van der Waals surface area contributed by atoms with Crippen molar-refractivity contribution in [1.82, 2.24) is 15.1 Å². The fourth-order valence-corrected chi connectivity index (χ4v) is 2.67. The van der Waals surface area contributed by atoms with E-state index in [0.717, 1.165) is 22.1 Å². The summed E-state index contributed by atoms with van der Waals surface area (Å²) in [4.78, 5) is 15.1. The van der Waals surface area contributed by atoms with Crippen LogP contribution in [0.25, 0.3) is 0 Å². The molecule has 1 aliphatic heterocycles. The van der Waals surface area contributed by atoms with E-state index in [1.807, 2.05) is 0 Å². The van der Waals surface area contributed by atoms with Gasteiger partial charge in [-0.1, -0.05) is 11.3 Å². The van der Waals surface area contributed by atoms with Crippen molar-refractivity contribution in [2.24, 2.45) is 0 Å². The molecule has 0 atom stereocenters. The topological polar surface area (TPSA) is 58.6 Å². The molecule has 0 bridgehead atoms. The number of nitrogens with zero attached hydrogens (tertiary/aromatic N) is 4. The molecule has 2 heterocycles. The second-order valence-electron chi connectivity index (χ2n) is 3.28. The highest BCUT2D eigenvalue weighted by molar-refractivity contribution is 9.11. The summed E-state index contributed by atoms with van der Waals surface area (Å²) in [6, 6.07) is 0. The number of piperazine rings is 1. The van der Waals surface area contributed by atoms with Crippen LogP contribution in [0.5, 0.6) is 0 Å². The molecule has 0 spiro atoms. The van der Waals surface area contributed by atoms with E-state index in [4.69, 9.17) is 0 Å². The Kier molecular flexibility index (Phi) is 3.59. The van der Waals surface area contributed by atoms with Gasteiger partial charge in [-0.15, -0.1) is 10.2 Å². The molecule has 16 heavy (non-hydrogen) atoms. The predicted octanol–water partition coefficient (Wildman–Crippen LogP) is 1.19. The molecule has 88 valence electrons. The molecule has 0 radical (unpaired) electrons. The van der Waals surface area contributed by atoms with Crippen LogP contribution in [0.1, 0.15) is 0 Å². The van der Waals surface area contributed by atoms with Crippen molar-refractivity contribution >= 4 is 38.5 Å². The number of rotatable bonds is 1. The third-order valence-electron chi connectivity index (χ3n) is 2.37. The predicted molar refractivity (Wildman–Crippen MR) is 63.8 cm³/mol. The Morgan fingerprint density at radius 1 is 1.38 bits per heavy atom. The van der Waals surface area contributed by atoms with Crippen LogP contribution >= 0.6 is 27.3 Å². The highest BCUT2D eigenvalue weighted by Gasteiger charge is 2.23. The van der Waals surface area contributed by atoms with E-state index in [1.165, 1.54) is 18.4 Å². The van der Waals surface area contributed by atoms with Gasteiger partial charge in [0, 0.05) is 26.2 Å². The first kappa shape index (κ1) is 11.6. The number of amides is 1. The van der Waals surface area contributed by atoms with Crippen LogP contribution in [0, 0.1) is 0 Å². The van der Waals surface area contributed by atoms with Gasteiger partial charge in [0.2, 0.25) is 5.13 Å². The first-order valence-corrected chi connectivity index (χ1v) is 6.38. The van der Waals surface area contributed by atoms with Crippen LogP contribution in [-0.4, -0.2) is 54.5 Å². The third kappa shape index (κ3) is 2.43. The maximum Gasteiger partial charge on any atom is 0.409 e. The fourth-order valence-electron chi connectivity index (χ4n) is 1.54. The molecule has 6 nitrogen and oxygen atoms in total.